The molecule has 1 rings (SSSR count). The SMILES string of the molecule is CCCc1cc(C(=O)O)n(C)c1. The van der Waals surface area contributed by atoms with Crippen molar-refractivity contribution < 1.29 is 9.90 Å². The summed E-state index contributed by atoms with van der Waals surface area (Å²) in [5, 5.41) is 8.73. The van der Waals surface area contributed by atoms with Gasteiger partial charge in [0, 0.05) is 13.2 Å². The fraction of sp³-hybridized carbons (Fsp3) is 0.444. The zero-order valence-corrected chi connectivity index (χ0v) is 7.37. The van der Waals surface area contributed by atoms with Gasteiger partial charge in [-0.3, -0.25) is 0 Å². The Labute approximate surface area is 71.6 Å². The first-order chi connectivity index (χ1) is 5.65. The number of aryl methyl sites for hydroxylation is 2. The van der Waals surface area contributed by atoms with Crippen LogP contribution in [0.1, 0.15) is 29.4 Å². The Balaban J connectivity index is 2.92. The van der Waals surface area contributed by atoms with Crippen LogP contribution >= 0.6 is 0 Å². The summed E-state index contributed by atoms with van der Waals surface area (Å²) < 4.78 is 1.65. The van der Waals surface area contributed by atoms with Crippen LogP contribution in [0.2, 0.25) is 0 Å². The van der Waals surface area contributed by atoms with Gasteiger partial charge in [-0.2, -0.15) is 0 Å². The van der Waals surface area contributed by atoms with Gasteiger partial charge in [-0.05, 0) is 18.1 Å². The molecule has 12 heavy (non-hydrogen) atoms. The van der Waals surface area contributed by atoms with Crippen LogP contribution in [0.15, 0.2) is 12.3 Å². The molecular weight excluding hydrogens is 154 g/mol. The number of carboxylic acid groups (broad SMARTS) is 1. The molecule has 0 atom stereocenters. The molecule has 66 valence electrons. The lowest BCUT2D eigenvalue weighted by atomic mass is 10.2. The van der Waals surface area contributed by atoms with Crippen LogP contribution in [0.25, 0.3) is 0 Å². The Morgan fingerprint density at radius 1 is 1.67 bits per heavy atom. The Bertz CT molecular complexity index is 289. The van der Waals surface area contributed by atoms with Crippen molar-refractivity contribution in [3.8, 4) is 0 Å². The highest BCUT2D eigenvalue weighted by Gasteiger charge is 2.08. The number of rotatable bonds is 3. The molecule has 0 saturated carbocycles. The lowest BCUT2D eigenvalue weighted by Crippen LogP contribution is -2.02. The summed E-state index contributed by atoms with van der Waals surface area (Å²) in [5.41, 5.74) is 1.45. The molecule has 0 aliphatic carbocycles. The Morgan fingerprint density at radius 2 is 2.33 bits per heavy atom. The smallest absolute Gasteiger partial charge is 0.352 e. The van der Waals surface area contributed by atoms with E-state index in [-0.39, 0.29) is 0 Å². The van der Waals surface area contributed by atoms with Crippen molar-refractivity contribution in [1.29, 1.82) is 0 Å². The van der Waals surface area contributed by atoms with Gasteiger partial charge < -0.3 is 9.67 Å². The third-order valence-electron chi connectivity index (χ3n) is 1.82. The maximum absolute atomic E-state index is 10.6. The molecule has 0 spiro atoms. The van der Waals surface area contributed by atoms with Crippen LogP contribution in [0.5, 0.6) is 0 Å². The largest absolute Gasteiger partial charge is 0.477 e. The quantitative estimate of drug-likeness (QED) is 0.744. The van der Waals surface area contributed by atoms with Gasteiger partial charge in [-0.25, -0.2) is 4.79 Å². The number of nitrogens with zero attached hydrogens (tertiary/aromatic N) is 1. The Kier molecular flexibility index (Phi) is 2.53. The summed E-state index contributed by atoms with van der Waals surface area (Å²) in [4.78, 5) is 10.6. The van der Waals surface area contributed by atoms with Gasteiger partial charge in [0.1, 0.15) is 5.69 Å². The zero-order valence-electron chi connectivity index (χ0n) is 7.37. The zero-order chi connectivity index (χ0) is 9.14. The molecule has 0 aliphatic rings. The monoisotopic (exact) mass is 167 g/mol. The van der Waals surface area contributed by atoms with Crippen molar-refractivity contribution in [2.45, 2.75) is 19.8 Å². The number of aromatic nitrogens is 1. The van der Waals surface area contributed by atoms with Crippen molar-refractivity contribution in [2.75, 3.05) is 0 Å². The van der Waals surface area contributed by atoms with Crippen molar-refractivity contribution >= 4 is 5.97 Å². The van der Waals surface area contributed by atoms with Gasteiger partial charge in [0.15, 0.2) is 0 Å². The second-order valence-electron chi connectivity index (χ2n) is 2.90. The second kappa shape index (κ2) is 3.43. The standard InChI is InChI=1S/C9H13NO2/c1-3-4-7-5-8(9(11)12)10(2)6-7/h5-6H,3-4H2,1-2H3,(H,11,12). The first-order valence-electron chi connectivity index (χ1n) is 4.03. The first kappa shape index (κ1) is 8.84. The number of aromatic carboxylic acids is 1. The molecule has 0 unspecified atom stereocenters. The summed E-state index contributed by atoms with van der Waals surface area (Å²) >= 11 is 0. The van der Waals surface area contributed by atoms with E-state index in [1.165, 1.54) is 0 Å². The van der Waals surface area contributed by atoms with Crippen molar-refractivity contribution in [1.82, 2.24) is 4.57 Å². The number of hydrogen-bond acceptors (Lipinski definition) is 1. The van der Waals surface area contributed by atoms with Crippen LogP contribution < -0.4 is 0 Å². The van der Waals surface area contributed by atoms with E-state index in [9.17, 15) is 4.79 Å². The minimum Gasteiger partial charge on any atom is -0.477 e. The van der Waals surface area contributed by atoms with E-state index in [0.29, 0.717) is 5.69 Å². The van der Waals surface area contributed by atoms with E-state index in [1.807, 2.05) is 6.20 Å². The van der Waals surface area contributed by atoms with E-state index < -0.39 is 5.97 Å². The van der Waals surface area contributed by atoms with Gasteiger partial charge in [0.2, 0.25) is 0 Å². The Hall–Kier alpha value is -1.25. The Morgan fingerprint density at radius 3 is 2.75 bits per heavy atom. The number of carbonyl (C=O) groups is 1. The summed E-state index contributed by atoms with van der Waals surface area (Å²) in [6.07, 6.45) is 3.86. The highest BCUT2D eigenvalue weighted by Crippen LogP contribution is 2.08. The molecule has 1 aromatic heterocycles. The molecule has 1 N–H and O–H groups in total. The molecule has 1 heterocycles. The molecule has 0 radical (unpaired) electrons. The van der Waals surface area contributed by atoms with Gasteiger partial charge in [-0.15, -0.1) is 0 Å². The molecule has 1 aromatic rings. The molecule has 0 fully saturated rings. The highest BCUT2D eigenvalue weighted by atomic mass is 16.4. The number of carboxylic acids is 1. The number of hydrogen-bond donors (Lipinski definition) is 1. The fourth-order valence-electron chi connectivity index (χ4n) is 1.27. The van der Waals surface area contributed by atoms with Crippen LogP contribution in [-0.4, -0.2) is 15.6 Å². The van der Waals surface area contributed by atoms with Gasteiger partial charge >= 0.3 is 5.97 Å². The summed E-state index contributed by atoms with van der Waals surface area (Å²) in [6, 6.07) is 1.73. The molecule has 0 saturated heterocycles. The summed E-state index contributed by atoms with van der Waals surface area (Å²) in [5.74, 6) is -0.861. The lowest BCUT2D eigenvalue weighted by Gasteiger charge is -1.93. The molecule has 0 amide bonds. The molecular formula is C9H13NO2. The van der Waals surface area contributed by atoms with Crippen LogP contribution in [0.4, 0.5) is 0 Å². The molecule has 3 heteroatoms. The predicted octanol–water partition coefficient (Wildman–Crippen LogP) is 1.68. The molecule has 0 bridgehead atoms. The van der Waals surface area contributed by atoms with E-state index >= 15 is 0 Å². The topological polar surface area (TPSA) is 42.2 Å². The van der Waals surface area contributed by atoms with Crippen LogP contribution in [0.3, 0.4) is 0 Å². The van der Waals surface area contributed by atoms with Gasteiger partial charge in [0.25, 0.3) is 0 Å². The van der Waals surface area contributed by atoms with E-state index in [0.717, 1.165) is 18.4 Å². The predicted molar refractivity (Wildman–Crippen MR) is 46.4 cm³/mol. The second-order valence-corrected chi connectivity index (χ2v) is 2.90. The van der Waals surface area contributed by atoms with Gasteiger partial charge in [0.05, 0.1) is 0 Å². The average Bonchev–Trinajstić information content (AvgIpc) is 2.32. The van der Waals surface area contributed by atoms with Gasteiger partial charge in [-0.1, -0.05) is 13.3 Å². The highest BCUT2D eigenvalue weighted by molar-refractivity contribution is 5.86. The van der Waals surface area contributed by atoms with Crippen molar-refractivity contribution in [2.24, 2.45) is 7.05 Å². The minimum absolute atomic E-state index is 0.360. The maximum atomic E-state index is 10.6. The van der Waals surface area contributed by atoms with E-state index in [2.05, 4.69) is 6.92 Å². The normalized spacial score (nSPS) is 10.2. The maximum Gasteiger partial charge on any atom is 0.352 e. The average molecular weight is 167 g/mol. The summed E-state index contributed by atoms with van der Waals surface area (Å²) in [6.45, 7) is 2.08. The van der Waals surface area contributed by atoms with Crippen molar-refractivity contribution in [3.05, 3.63) is 23.5 Å². The minimum atomic E-state index is -0.861. The third kappa shape index (κ3) is 1.67. The third-order valence-corrected chi connectivity index (χ3v) is 1.82. The van der Waals surface area contributed by atoms with E-state index in [1.54, 1.807) is 17.7 Å². The molecule has 0 aromatic carbocycles. The van der Waals surface area contributed by atoms with Crippen molar-refractivity contribution in [3.63, 3.8) is 0 Å². The fourth-order valence-corrected chi connectivity index (χ4v) is 1.27. The molecule has 3 nitrogen and oxygen atoms in total. The molecule has 0 aliphatic heterocycles. The summed E-state index contributed by atoms with van der Waals surface area (Å²) in [7, 11) is 1.75. The van der Waals surface area contributed by atoms with E-state index in [4.69, 9.17) is 5.11 Å². The van der Waals surface area contributed by atoms with Crippen LogP contribution in [-0.2, 0) is 13.5 Å². The van der Waals surface area contributed by atoms with Crippen LogP contribution in [0, 0.1) is 0 Å². The lowest BCUT2D eigenvalue weighted by molar-refractivity contribution is 0.0686. The first-order valence-corrected chi connectivity index (χ1v) is 4.03.